The molecule has 2 heterocycles. The molecule has 7 nitrogen and oxygen atoms in total. The summed E-state index contributed by atoms with van der Waals surface area (Å²) in [7, 11) is 3.43. The van der Waals surface area contributed by atoms with Gasteiger partial charge in [-0.1, -0.05) is 0 Å². The summed E-state index contributed by atoms with van der Waals surface area (Å²) >= 11 is 0. The van der Waals surface area contributed by atoms with Crippen LogP contribution in [0, 0.1) is 12.7 Å². The Morgan fingerprint density at radius 2 is 1.96 bits per heavy atom. The molecule has 3 rings (SSSR count). The predicted molar refractivity (Wildman–Crippen MR) is 94.8 cm³/mol. The van der Waals surface area contributed by atoms with Crippen LogP contribution in [0.1, 0.15) is 17.0 Å². The van der Waals surface area contributed by atoms with Crippen LogP contribution in [0.4, 0.5) is 10.3 Å². The fourth-order valence-corrected chi connectivity index (χ4v) is 2.56. The maximum Gasteiger partial charge on any atom is 0.229 e. The highest BCUT2D eigenvalue weighted by Gasteiger charge is 2.17. The fraction of sp³-hybridized carbons (Fsp3) is 0.278. The van der Waals surface area contributed by atoms with Gasteiger partial charge in [0.25, 0.3) is 0 Å². The van der Waals surface area contributed by atoms with Gasteiger partial charge >= 0.3 is 0 Å². The van der Waals surface area contributed by atoms with Gasteiger partial charge in [0.1, 0.15) is 17.3 Å². The number of anilines is 1. The van der Waals surface area contributed by atoms with E-state index in [1.54, 1.807) is 24.5 Å². The maximum atomic E-state index is 14.2. The van der Waals surface area contributed by atoms with Crippen LogP contribution >= 0.6 is 0 Å². The number of nitrogens with zero attached hydrogens (tertiary/aromatic N) is 4. The number of nitrogen functional groups attached to an aromatic ring is 1. The van der Waals surface area contributed by atoms with E-state index in [9.17, 15) is 4.39 Å². The van der Waals surface area contributed by atoms with Gasteiger partial charge in [-0.2, -0.15) is 0 Å². The minimum absolute atomic E-state index is 0.245. The van der Waals surface area contributed by atoms with E-state index < -0.39 is 5.82 Å². The fourth-order valence-electron chi connectivity index (χ4n) is 2.56. The van der Waals surface area contributed by atoms with Crippen molar-refractivity contribution in [2.24, 2.45) is 0 Å². The van der Waals surface area contributed by atoms with E-state index in [4.69, 9.17) is 14.9 Å². The normalized spacial score (nSPS) is 11.1. The van der Waals surface area contributed by atoms with Gasteiger partial charge in [-0.25, -0.2) is 19.3 Å². The number of benzene rings is 1. The lowest BCUT2D eigenvalue weighted by atomic mass is 10.2. The molecule has 0 saturated heterocycles. The van der Waals surface area contributed by atoms with Crippen LogP contribution in [0.25, 0.3) is 11.5 Å². The summed E-state index contributed by atoms with van der Waals surface area (Å²) in [6.07, 6.45) is 3.37. The standard InChI is InChI=1S/C18H20FN5O2/c1-11-16(10-24(2)9-12-7-21-18(20)22-8-12)23-17(26-11)14-5-4-13(25-3)6-15(14)19/h4-8H,9-10H2,1-3H3,(H2,20,21,22). The molecule has 0 amide bonds. The number of ether oxygens (including phenoxy) is 1. The van der Waals surface area contributed by atoms with Crippen molar-refractivity contribution in [2.75, 3.05) is 19.9 Å². The molecule has 26 heavy (non-hydrogen) atoms. The SMILES string of the molecule is COc1ccc(-c2nc(CN(C)Cc3cnc(N)nc3)c(C)o2)c(F)c1. The first-order chi connectivity index (χ1) is 12.5. The Hall–Kier alpha value is -3.00. The van der Waals surface area contributed by atoms with E-state index in [0.717, 1.165) is 11.3 Å². The summed E-state index contributed by atoms with van der Waals surface area (Å²) in [6, 6.07) is 4.57. The third-order valence-electron chi connectivity index (χ3n) is 3.90. The lowest BCUT2D eigenvalue weighted by Crippen LogP contribution is -2.18. The van der Waals surface area contributed by atoms with Crippen molar-refractivity contribution in [3.05, 3.63) is 53.4 Å². The molecule has 0 saturated carbocycles. The molecule has 136 valence electrons. The molecule has 0 atom stereocenters. The van der Waals surface area contributed by atoms with Gasteiger partial charge in [-0.3, -0.25) is 4.90 Å². The van der Waals surface area contributed by atoms with Crippen LogP contribution in [0.5, 0.6) is 5.75 Å². The molecule has 1 aromatic carbocycles. The molecule has 0 aliphatic heterocycles. The third-order valence-corrected chi connectivity index (χ3v) is 3.90. The van der Waals surface area contributed by atoms with Crippen molar-refractivity contribution in [1.82, 2.24) is 19.9 Å². The minimum Gasteiger partial charge on any atom is -0.497 e. The van der Waals surface area contributed by atoms with E-state index in [0.29, 0.717) is 30.2 Å². The highest BCUT2D eigenvalue weighted by atomic mass is 19.1. The van der Waals surface area contributed by atoms with Crippen molar-refractivity contribution in [3.63, 3.8) is 0 Å². The minimum atomic E-state index is -0.440. The van der Waals surface area contributed by atoms with Gasteiger partial charge in [0.15, 0.2) is 0 Å². The number of aryl methyl sites for hydroxylation is 1. The van der Waals surface area contributed by atoms with Crippen molar-refractivity contribution < 1.29 is 13.5 Å². The van der Waals surface area contributed by atoms with Crippen LogP contribution < -0.4 is 10.5 Å². The number of aromatic nitrogens is 3. The van der Waals surface area contributed by atoms with Crippen molar-refractivity contribution >= 4 is 5.95 Å². The molecule has 0 aliphatic rings. The van der Waals surface area contributed by atoms with Crippen molar-refractivity contribution in [3.8, 4) is 17.2 Å². The zero-order chi connectivity index (χ0) is 18.7. The molecule has 0 spiro atoms. The van der Waals surface area contributed by atoms with Gasteiger partial charge < -0.3 is 14.9 Å². The number of hydrogen-bond acceptors (Lipinski definition) is 7. The number of nitrogens with two attached hydrogens (primary N) is 1. The van der Waals surface area contributed by atoms with Crippen LogP contribution in [-0.4, -0.2) is 34.0 Å². The van der Waals surface area contributed by atoms with Gasteiger partial charge in [-0.05, 0) is 26.1 Å². The molecule has 0 bridgehead atoms. The smallest absolute Gasteiger partial charge is 0.229 e. The molecule has 3 aromatic rings. The zero-order valence-corrected chi connectivity index (χ0v) is 14.9. The second-order valence-electron chi connectivity index (χ2n) is 5.99. The first kappa shape index (κ1) is 17.8. The first-order valence-corrected chi connectivity index (χ1v) is 8.01. The molecule has 0 radical (unpaired) electrons. The Kier molecular flexibility index (Phi) is 5.13. The summed E-state index contributed by atoms with van der Waals surface area (Å²) in [5.41, 5.74) is 7.47. The first-order valence-electron chi connectivity index (χ1n) is 8.01. The molecule has 0 fully saturated rings. The Morgan fingerprint density at radius 3 is 2.62 bits per heavy atom. The van der Waals surface area contributed by atoms with Gasteiger partial charge in [0.2, 0.25) is 11.8 Å². The number of oxazole rings is 1. The molecule has 0 unspecified atom stereocenters. The molecule has 2 aromatic heterocycles. The topological polar surface area (TPSA) is 90.3 Å². The number of halogens is 1. The lowest BCUT2D eigenvalue weighted by Gasteiger charge is -2.14. The summed E-state index contributed by atoms with van der Waals surface area (Å²) in [5.74, 6) is 1.15. The number of methoxy groups -OCH3 is 1. The van der Waals surface area contributed by atoms with Crippen molar-refractivity contribution in [1.29, 1.82) is 0 Å². The average molecular weight is 357 g/mol. The summed E-state index contributed by atoms with van der Waals surface area (Å²) in [5, 5.41) is 0. The van der Waals surface area contributed by atoms with E-state index in [-0.39, 0.29) is 11.8 Å². The average Bonchev–Trinajstić information content (AvgIpc) is 2.97. The van der Waals surface area contributed by atoms with E-state index in [1.807, 2.05) is 18.9 Å². The predicted octanol–water partition coefficient (Wildman–Crippen LogP) is 2.80. The third kappa shape index (κ3) is 3.97. The second kappa shape index (κ2) is 7.49. The zero-order valence-electron chi connectivity index (χ0n) is 14.9. The van der Waals surface area contributed by atoms with Crippen LogP contribution in [-0.2, 0) is 13.1 Å². The Morgan fingerprint density at radius 1 is 1.23 bits per heavy atom. The van der Waals surface area contributed by atoms with Crippen LogP contribution in [0.15, 0.2) is 35.0 Å². The van der Waals surface area contributed by atoms with E-state index in [1.165, 1.54) is 13.2 Å². The highest BCUT2D eigenvalue weighted by molar-refractivity contribution is 5.56. The molecular formula is C18H20FN5O2. The Labute approximate surface area is 150 Å². The second-order valence-corrected chi connectivity index (χ2v) is 5.99. The van der Waals surface area contributed by atoms with Gasteiger partial charge in [0.05, 0.1) is 18.4 Å². The lowest BCUT2D eigenvalue weighted by molar-refractivity contribution is 0.312. The van der Waals surface area contributed by atoms with Crippen LogP contribution in [0.2, 0.25) is 0 Å². The molecular weight excluding hydrogens is 337 g/mol. The maximum absolute atomic E-state index is 14.2. The number of rotatable bonds is 6. The Bertz CT molecular complexity index is 895. The van der Waals surface area contributed by atoms with Crippen LogP contribution in [0.3, 0.4) is 0 Å². The van der Waals surface area contributed by atoms with Gasteiger partial charge in [-0.15, -0.1) is 0 Å². The molecule has 8 heteroatoms. The largest absolute Gasteiger partial charge is 0.497 e. The van der Waals surface area contributed by atoms with Crippen molar-refractivity contribution in [2.45, 2.75) is 20.0 Å². The van der Waals surface area contributed by atoms with E-state index >= 15 is 0 Å². The van der Waals surface area contributed by atoms with Gasteiger partial charge in [0, 0.05) is 37.1 Å². The Balaban J connectivity index is 1.74. The number of hydrogen-bond donors (Lipinski definition) is 1. The highest BCUT2D eigenvalue weighted by Crippen LogP contribution is 2.27. The summed E-state index contributed by atoms with van der Waals surface area (Å²) in [4.78, 5) is 14.4. The van der Waals surface area contributed by atoms with E-state index in [2.05, 4.69) is 15.0 Å². The molecule has 2 N–H and O–H groups in total. The summed E-state index contributed by atoms with van der Waals surface area (Å²) in [6.45, 7) is 2.98. The quantitative estimate of drug-likeness (QED) is 0.725. The summed E-state index contributed by atoms with van der Waals surface area (Å²) < 4.78 is 24.9. The monoisotopic (exact) mass is 357 g/mol. The molecule has 0 aliphatic carbocycles.